The molecule has 0 aliphatic carbocycles. The molecule has 1 aromatic heterocycles. The number of rotatable bonds is 6. The summed E-state index contributed by atoms with van der Waals surface area (Å²) in [4.78, 5) is 16.7. The van der Waals surface area contributed by atoms with Crippen LogP contribution >= 0.6 is 22.9 Å². The summed E-state index contributed by atoms with van der Waals surface area (Å²) >= 11 is 7.49. The van der Waals surface area contributed by atoms with Crippen LogP contribution in [0.4, 0.5) is 37.2 Å². The number of amides is 1. The van der Waals surface area contributed by atoms with Crippen LogP contribution in [0.2, 0.25) is 5.02 Å². The van der Waals surface area contributed by atoms with Crippen molar-refractivity contribution in [1.82, 2.24) is 9.88 Å². The maximum absolute atomic E-state index is 12.9. The van der Waals surface area contributed by atoms with Crippen LogP contribution in [0.5, 0.6) is 0 Å². The van der Waals surface area contributed by atoms with Gasteiger partial charge in [0.2, 0.25) is 0 Å². The minimum absolute atomic E-state index is 0.0298. The molecule has 0 saturated heterocycles. The Morgan fingerprint density at radius 2 is 1.70 bits per heavy atom. The summed E-state index contributed by atoms with van der Waals surface area (Å²) < 4.78 is 75.8. The van der Waals surface area contributed by atoms with E-state index in [2.05, 4.69) is 15.6 Å². The molecule has 4 rings (SSSR count). The first-order valence-corrected chi connectivity index (χ1v) is 12.4. The fraction of sp³-hybridized carbons (Fsp3) is 0.333. The second kappa shape index (κ2) is 10.8. The van der Waals surface area contributed by atoms with Crippen LogP contribution in [0.1, 0.15) is 16.7 Å². The topological polar surface area (TPSA) is 57.3 Å². The molecule has 0 unspecified atom stereocenters. The molecule has 0 atom stereocenters. The molecule has 2 heterocycles. The zero-order valence-electron chi connectivity index (χ0n) is 19.1. The third kappa shape index (κ3) is 6.86. The van der Waals surface area contributed by atoms with E-state index in [-0.39, 0.29) is 31.1 Å². The quantitative estimate of drug-likeness (QED) is 0.335. The first-order chi connectivity index (χ1) is 17.4. The largest absolute Gasteiger partial charge is 0.471 e. The number of hydrogen-bond acceptors (Lipinski definition) is 5. The minimum Gasteiger partial charge on any atom is -0.380 e. The molecule has 0 radical (unpaired) electrons. The molecular formula is C24H21ClF6N4OS. The van der Waals surface area contributed by atoms with Crippen molar-refractivity contribution >= 4 is 39.7 Å². The molecule has 198 valence electrons. The molecule has 2 N–H and O–H groups in total. The number of carbonyl (C=O) groups is 1. The lowest BCUT2D eigenvalue weighted by atomic mass is 10.0. The van der Waals surface area contributed by atoms with Crippen LogP contribution in [0.3, 0.4) is 0 Å². The Hall–Kier alpha value is -2.99. The van der Waals surface area contributed by atoms with E-state index in [0.717, 1.165) is 38.5 Å². The number of benzene rings is 2. The molecule has 0 saturated carbocycles. The highest BCUT2D eigenvalue weighted by Gasteiger charge is 2.42. The van der Waals surface area contributed by atoms with Crippen molar-refractivity contribution in [2.75, 3.05) is 30.3 Å². The first-order valence-electron chi connectivity index (χ1n) is 11.2. The van der Waals surface area contributed by atoms with Gasteiger partial charge in [-0.3, -0.25) is 4.79 Å². The number of hydrogen-bond donors (Lipinski definition) is 2. The molecule has 3 aromatic rings. The molecular weight excluding hydrogens is 542 g/mol. The Morgan fingerprint density at radius 1 is 1.00 bits per heavy atom. The molecule has 1 amide bonds. The number of anilines is 2. The summed E-state index contributed by atoms with van der Waals surface area (Å²) in [6.45, 7) is -0.884. The Bertz CT molecular complexity index is 1260. The number of halogens is 7. The number of nitrogens with one attached hydrogen (secondary N) is 2. The fourth-order valence-corrected chi connectivity index (χ4v) is 4.98. The standard InChI is InChI=1S/C24H21ClF6N4OS/c25-18-6-5-15-7-9-35(21(36)24(29,30)31)10-8-17(15)20(18)32-11-14-1-3-16(4-2-14)19-12-37-22(34-19)33-13-23(26,27)28/h1-6,12,32H,7-11,13H2,(H,33,34). The molecule has 0 bridgehead atoms. The highest BCUT2D eigenvalue weighted by molar-refractivity contribution is 7.14. The van der Waals surface area contributed by atoms with Crippen molar-refractivity contribution in [2.24, 2.45) is 0 Å². The van der Waals surface area contributed by atoms with Crippen LogP contribution in [0.15, 0.2) is 41.8 Å². The van der Waals surface area contributed by atoms with Gasteiger partial charge in [-0.15, -0.1) is 11.3 Å². The van der Waals surface area contributed by atoms with Crippen LogP contribution in [0, 0.1) is 0 Å². The number of fused-ring (bicyclic) bond motifs is 1. The Kier molecular flexibility index (Phi) is 7.88. The molecule has 2 aromatic carbocycles. The fourth-order valence-electron chi connectivity index (χ4n) is 4.02. The third-order valence-corrected chi connectivity index (χ3v) is 6.95. The van der Waals surface area contributed by atoms with E-state index >= 15 is 0 Å². The van der Waals surface area contributed by atoms with Crippen molar-refractivity contribution in [1.29, 1.82) is 0 Å². The van der Waals surface area contributed by atoms with Crippen LogP contribution in [0.25, 0.3) is 11.3 Å². The van der Waals surface area contributed by atoms with Gasteiger partial charge in [0.05, 0.1) is 16.4 Å². The Balaban J connectivity index is 1.42. The first kappa shape index (κ1) is 27.1. The zero-order chi connectivity index (χ0) is 26.8. The second-order valence-electron chi connectivity index (χ2n) is 8.41. The summed E-state index contributed by atoms with van der Waals surface area (Å²) in [5, 5.41) is 7.79. The summed E-state index contributed by atoms with van der Waals surface area (Å²) in [5.74, 6) is -1.84. The van der Waals surface area contributed by atoms with Crippen molar-refractivity contribution in [3.8, 4) is 11.3 Å². The normalized spacial score (nSPS) is 14.2. The number of nitrogens with zero attached hydrogens (tertiary/aromatic N) is 2. The number of aromatic nitrogens is 1. The average Bonchev–Trinajstić information content (AvgIpc) is 3.21. The van der Waals surface area contributed by atoms with E-state index in [9.17, 15) is 31.1 Å². The number of thiazole rings is 1. The van der Waals surface area contributed by atoms with E-state index in [1.54, 1.807) is 29.6 Å². The van der Waals surface area contributed by atoms with Crippen molar-refractivity contribution in [3.63, 3.8) is 0 Å². The summed E-state index contributed by atoms with van der Waals surface area (Å²) in [6, 6.07) is 10.7. The smallest absolute Gasteiger partial charge is 0.380 e. The van der Waals surface area contributed by atoms with E-state index in [1.807, 2.05) is 12.1 Å². The second-order valence-corrected chi connectivity index (χ2v) is 9.67. The van der Waals surface area contributed by atoms with Gasteiger partial charge in [0.15, 0.2) is 5.13 Å². The van der Waals surface area contributed by atoms with Gasteiger partial charge in [0.1, 0.15) is 6.54 Å². The number of alkyl halides is 6. The van der Waals surface area contributed by atoms with Gasteiger partial charge < -0.3 is 15.5 Å². The molecule has 1 aliphatic rings. The predicted molar refractivity (Wildman–Crippen MR) is 131 cm³/mol. The average molecular weight is 563 g/mol. The van der Waals surface area contributed by atoms with E-state index < -0.39 is 24.8 Å². The molecule has 13 heteroatoms. The van der Waals surface area contributed by atoms with Crippen molar-refractivity contribution in [2.45, 2.75) is 31.7 Å². The van der Waals surface area contributed by atoms with Gasteiger partial charge in [-0.2, -0.15) is 26.3 Å². The maximum atomic E-state index is 12.9. The molecule has 1 aliphatic heterocycles. The molecule has 0 fully saturated rings. The van der Waals surface area contributed by atoms with Gasteiger partial charge in [-0.1, -0.05) is 41.9 Å². The minimum atomic E-state index is -4.92. The Labute approximate surface area is 217 Å². The lowest BCUT2D eigenvalue weighted by molar-refractivity contribution is -0.185. The van der Waals surface area contributed by atoms with E-state index in [0.29, 0.717) is 22.9 Å². The maximum Gasteiger partial charge on any atom is 0.471 e. The summed E-state index contributed by atoms with van der Waals surface area (Å²) in [5.41, 5.74) is 4.39. The lowest BCUT2D eigenvalue weighted by Crippen LogP contribution is -2.42. The van der Waals surface area contributed by atoms with Crippen molar-refractivity contribution < 1.29 is 31.1 Å². The lowest BCUT2D eigenvalue weighted by Gasteiger charge is -2.21. The summed E-state index contributed by atoms with van der Waals surface area (Å²) in [7, 11) is 0. The third-order valence-electron chi connectivity index (χ3n) is 5.83. The van der Waals surface area contributed by atoms with Crippen LogP contribution < -0.4 is 10.6 Å². The van der Waals surface area contributed by atoms with Gasteiger partial charge in [0.25, 0.3) is 0 Å². The SMILES string of the molecule is O=C(N1CCc2ccc(Cl)c(NCc3ccc(-c4csc(NCC(F)(F)F)n4)cc3)c2CC1)C(F)(F)F. The van der Waals surface area contributed by atoms with Crippen molar-refractivity contribution in [3.05, 3.63) is 63.5 Å². The van der Waals surface area contributed by atoms with Gasteiger partial charge >= 0.3 is 18.3 Å². The molecule has 0 spiro atoms. The van der Waals surface area contributed by atoms with E-state index in [4.69, 9.17) is 11.6 Å². The van der Waals surface area contributed by atoms with Gasteiger partial charge in [0, 0.05) is 30.6 Å². The van der Waals surface area contributed by atoms with Crippen LogP contribution in [-0.2, 0) is 24.2 Å². The molecule has 5 nitrogen and oxygen atoms in total. The summed E-state index contributed by atoms with van der Waals surface area (Å²) in [6.07, 6.45) is -8.74. The highest BCUT2D eigenvalue weighted by atomic mass is 35.5. The monoisotopic (exact) mass is 562 g/mol. The van der Waals surface area contributed by atoms with Crippen LogP contribution in [-0.4, -0.2) is 47.8 Å². The zero-order valence-corrected chi connectivity index (χ0v) is 20.7. The van der Waals surface area contributed by atoms with Gasteiger partial charge in [-0.05, 0) is 35.6 Å². The highest BCUT2D eigenvalue weighted by Crippen LogP contribution is 2.33. The molecule has 37 heavy (non-hydrogen) atoms. The van der Waals surface area contributed by atoms with E-state index in [1.165, 1.54) is 0 Å². The predicted octanol–water partition coefficient (Wildman–Crippen LogP) is 6.54. The van der Waals surface area contributed by atoms with Gasteiger partial charge in [-0.25, -0.2) is 4.98 Å². The number of carbonyl (C=O) groups excluding carboxylic acids is 1. The Morgan fingerprint density at radius 3 is 2.38 bits per heavy atom.